The second kappa shape index (κ2) is 13.0. The molecule has 1 atom stereocenters. The second-order valence-corrected chi connectivity index (χ2v) is 11.0. The van der Waals surface area contributed by atoms with E-state index in [1.54, 1.807) is 4.57 Å². The number of hydrogen-bond donors (Lipinski definition) is 0. The highest BCUT2D eigenvalue weighted by Gasteiger charge is 2.30. The highest BCUT2D eigenvalue weighted by Crippen LogP contribution is 2.30. The molecule has 0 saturated heterocycles. The van der Waals surface area contributed by atoms with E-state index in [9.17, 15) is 9.59 Å². The van der Waals surface area contributed by atoms with Crippen molar-refractivity contribution in [1.82, 2.24) is 14.5 Å². The summed E-state index contributed by atoms with van der Waals surface area (Å²) in [6.07, 6.45) is 3.84. The first-order chi connectivity index (χ1) is 20.4. The summed E-state index contributed by atoms with van der Waals surface area (Å²) >= 11 is 0. The summed E-state index contributed by atoms with van der Waals surface area (Å²) in [5.74, 6) is 0.482. The minimum Gasteiger partial charge on any atom is -0.324 e. The van der Waals surface area contributed by atoms with Crippen LogP contribution in [0.4, 0.5) is 0 Å². The van der Waals surface area contributed by atoms with Crippen LogP contribution in [0.1, 0.15) is 77.6 Å². The normalized spacial score (nSPS) is 11.9. The summed E-state index contributed by atoms with van der Waals surface area (Å²) in [6, 6.07) is 31.0. The van der Waals surface area contributed by atoms with Crippen molar-refractivity contribution in [2.75, 3.05) is 0 Å². The molecule has 1 heterocycles. The first-order valence-electron chi connectivity index (χ1n) is 14.9. The predicted octanol–water partition coefficient (Wildman–Crippen LogP) is 8.14. The van der Waals surface area contributed by atoms with Gasteiger partial charge in [-0.25, -0.2) is 4.98 Å². The van der Waals surface area contributed by atoms with E-state index in [0.717, 1.165) is 41.6 Å². The van der Waals surface area contributed by atoms with Crippen LogP contribution in [-0.2, 0) is 13.0 Å². The molecule has 4 aromatic carbocycles. The van der Waals surface area contributed by atoms with Gasteiger partial charge in [0.25, 0.3) is 11.5 Å². The zero-order valence-corrected chi connectivity index (χ0v) is 25.0. The largest absolute Gasteiger partial charge is 0.324 e. The summed E-state index contributed by atoms with van der Waals surface area (Å²) < 4.78 is 1.71. The maximum atomic E-state index is 14.4. The van der Waals surface area contributed by atoms with Gasteiger partial charge >= 0.3 is 0 Å². The fourth-order valence-corrected chi connectivity index (χ4v) is 5.49. The smallest absolute Gasteiger partial charge is 0.266 e. The fraction of sp³-hybridized carbons (Fsp3) is 0.270. The van der Waals surface area contributed by atoms with E-state index in [1.807, 2.05) is 96.8 Å². The first-order valence-corrected chi connectivity index (χ1v) is 14.9. The Hall–Kier alpha value is -4.51. The summed E-state index contributed by atoms with van der Waals surface area (Å²) in [4.78, 5) is 35.5. The number of nitrogens with zero attached hydrogens (tertiary/aromatic N) is 3. The van der Waals surface area contributed by atoms with Crippen LogP contribution in [0, 0.1) is 13.8 Å². The molecular weight excluding hydrogens is 518 g/mol. The van der Waals surface area contributed by atoms with Gasteiger partial charge in [0.15, 0.2) is 0 Å². The standard InChI is InChI=1S/C37H39N3O2/c1-5-7-13-28-19-21-30(22-20-28)36(41)39(25-29-14-9-8-10-15-29)34(6-2)35-38-33-17-12-11-16-32(33)37(42)40(35)31-23-18-26(3)27(4)24-31/h8-12,14-24,34H,5-7,13,25H2,1-4H3. The lowest BCUT2D eigenvalue weighted by Gasteiger charge is -2.33. The molecule has 1 amide bonds. The Morgan fingerprint density at radius 2 is 1.55 bits per heavy atom. The Kier molecular flexibility index (Phi) is 8.97. The Morgan fingerprint density at radius 3 is 2.24 bits per heavy atom. The number of fused-ring (bicyclic) bond motifs is 1. The Morgan fingerprint density at radius 1 is 0.833 bits per heavy atom. The number of unbranched alkanes of at least 4 members (excludes halogenated alkanes) is 1. The third-order valence-corrected chi connectivity index (χ3v) is 8.09. The van der Waals surface area contributed by atoms with E-state index >= 15 is 0 Å². The highest BCUT2D eigenvalue weighted by atomic mass is 16.2. The molecule has 0 aliphatic heterocycles. The van der Waals surface area contributed by atoms with Crippen molar-refractivity contribution in [3.63, 3.8) is 0 Å². The minimum atomic E-state index is -0.448. The second-order valence-electron chi connectivity index (χ2n) is 11.0. The molecule has 1 aromatic heterocycles. The molecule has 5 rings (SSSR count). The Labute approximate surface area is 248 Å². The van der Waals surface area contributed by atoms with Gasteiger partial charge in [-0.15, -0.1) is 0 Å². The number of hydrogen-bond acceptors (Lipinski definition) is 3. The van der Waals surface area contributed by atoms with Crippen molar-refractivity contribution in [2.24, 2.45) is 0 Å². The van der Waals surface area contributed by atoms with E-state index in [2.05, 4.69) is 32.9 Å². The molecule has 0 aliphatic rings. The van der Waals surface area contributed by atoms with Crippen LogP contribution in [0.5, 0.6) is 0 Å². The first kappa shape index (κ1) is 29.0. The average Bonchev–Trinajstić information content (AvgIpc) is 3.02. The van der Waals surface area contributed by atoms with Crippen LogP contribution >= 0.6 is 0 Å². The van der Waals surface area contributed by atoms with E-state index in [1.165, 1.54) is 5.56 Å². The maximum Gasteiger partial charge on any atom is 0.266 e. The summed E-state index contributed by atoms with van der Waals surface area (Å²) in [5.41, 5.74) is 6.37. The van der Waals surface area contributed by atoms with E-state index < -0.39 is 6.04 Å². The van der Waals surface area contributed by atoms with Crippen LogP contribution in [0.25, 0.3) is 16.6 Å². The van der Waals surface area contributed by atoms with Crippen molar-refractivity contribution in [3.8, 4) is 5.69 Å². The van der Waals surface area contributed by atoms with E-state index in [-0.39, 0.29) is 11.5 Å². The molecule has 0 spiro atoms. The zero-order valence-electron chi connectivity index (χ0n) is 25.0. The van der Waals surface area contributed by atoms with Gasteiger partial charge in [0.2, 0.25) is 0 Å². The highest BCUT2D eigenvalue weighted by molar-refractivity contribution is 5.94. The molecule has 1 unspecified atom stereocenters. The van der Waals surface area contributed by atoms with Gasteiger partial charge in [-0.1, -0.05) is 80.9 Å². The summed E-state index contributed by atoms with van der Waals surface area (Å²) in [6.45, 7) is 8.73. The maximum absolute atomic E-state index is 14.4. The number of aryl methyl sites for hydroxylation is 3. The number of benzene rings is 4. The van der Waals surface area contributed by atoms with Crippen LogP contribution in [-0.4, -0.2) is 20.4 Å². The van der Waals surface area contributed by atoms with Gasteiger partial charge < -0.3 is 4.90 Å². The summed E-state index contributed by atoms with van der Waals surface area (Å²) in [7, 11) is 0. The quantitative estimate of drug-likeness (QED) is 0.174. The number of carbonyl (C=O) groups excluding carboxylic acids is 1. The van der Waals surface area contributed by atoms with Crippen molar-refractivity contribution in [2.45, 2.75) is 66.0 Å². The topological polar surface area (TPSA) is 55.2 Å². The van der Waals surface area contributed by atoms with Crippen LogP contribution in [0.2, 0.25) is 0 Å². The molecular formula is C37H39N3O2. The van der Waals surface area contributed by atoms with Crippen molar-refractivity contribution >= 4 is 16.8 Å². The van der Waals surface area contributed by atoms with Crippen molar-refractivity contribution < 1.29 is 4.79 Å². The number of aromatic nitrogens is 2. The lowest BCUT2D eigenvalue weighted by molar-refractivity contribution is 0.0640. The number of amides is 1. The molecule has 0 bridgehead atoms. The van der Waals surface area contributed by atoms with Crippen molar-refractivity contribution in [3.05, 3.63) is 141 Å². The zero-order chi connectivity index (χ0) is 29.6. The molecule has 0 aliphatic carbocycles. The van der Waals surface area contributed by atoms with Gasteiger partial charge in [0.05, 0.1) is 22.6 Å². The molecule has 0 saturated carbocycles. The predicted molar refractivity (Wildman–Crippen MR) is 171 cm³/mol. The molecule has 5 nitrogen and oxygen atoms in total. The Bertz CT molecular complexity index is 1740. The summed E-state index contributed by atoms with van der Waals surface area (Å²) in [5, 5.41) is 0.554. The van der Waals surface area contributed by atoms with E-state index in [4.69, 9.17) is 4.98 Å². The molecule has 214 valence electrons. The van der Waals surface area contributed by atoms with E-state index in [0.29, 0.717) is 35.3 Å². The molecule has 0 N–H and O–H groups in total. The van der Waals surface area contributed by atoms with Crippen molar-refractivity contribution in [1.29, 1.82) is 0 Å². The fourth-order valence-electron chi connectivity index (χ4n) is 5.49. The van der Waals surface area contributed by atoms with Gasteiger partial charge in [-0.2, -0.15) is 0 Å². The van der Waals surface area contributed by atoms with Crippen LogP contribution in [0.15, 0.2) is 102 Å². The average molecular weight is 558 g/mol. The lowest BCUT2D eigenvalue weighted by atomic mass is 10.0. The minimum absolute atomic E-state index is 0.0817. The monoisotopic (exact) mass is 557 g/mol. The molecule has 5 aromatic rings. The number of carbonyl (C=O) groups is 1. The SMILES string of the molecule is CCCCc1ccc(C(=O)N(Cc2ccccc2)C(CC)c2nc3ccccc3c(=O)n2-c2ccc(C)c(C)c2)cc1. The van der Waals surface area contributed by atoms with Gasteiger partial charge in [-0.3, -0.25) is 14.2 Å². The molecule has 0 fully saturated rings. The third-order valence-electron chi connectivity index (χ3n) is 8.09. The number of rotatable bonds is 10. The molecule has 5 heteroatoms. The molecule has 0 radical (unpaired) electrons. The Balaban J connectivity index is 1.68. The lowest BCUT2D eigenvalue weighted by Crippen LogP contribution is -2.38. The third kappa shape index (κ3) is 6.06. The molecule has 42 heavy (non-hydrogen) atoms. The number of para-hydroxylation sites is 1. The van der Waals surface area contributed by atoms with Crippen LogP contribution in [0.3, 0.4) is 0 Å². The van der Waals surface area contributed by atoms with Gasteiger partial charge in [0.1, 0.15) is 5.82 Å². The van der Waals surface area contributed by atoms with Gasteiger partial charge in [0, 0.05) is 12.1 Å². The van der Waals surface area contributed by atoms with Crippen LogP contribution < -0.4 is 5.56 Å². The van der Waals surface area contributed by atoms with Gasteiger partial charge in [-0.05, 0) is 91.8 Å².